The van der Waals surface area contributed by atoms with Gasteiger partial charge in [-0.3, -0.25) is 9.52 Å². The number of hydrogen-bond acceptors (Lipinski definition) is 7. The van der Waals surface area contributed by atoms with Gasteiger partial charge in [0.1, 0.15) is 15.7 Å². The van der Waals surface area contributed by atoms with Gasteiger partial charge < -0.3 is 24.4 Å². The Morgan fingerprint density at radius 2 is 2.00 bits per heavy atom. The standard InChI is InChI=1S/C37H49ClN4O6S/c1-24-7-6-9-34(47-3)31-14-11-28(31)21-42-20-27-10-13-30(38)17-25(27)8-4-5-16-48-35-15-12-26(19-33(35)42)36(43)40-49(45,23-24)41-37(44)39-32-18-29(32)22-46-2/h6,9-10,12-13,15,17,19,24,28-29,31-32,34H,4-5,7-8,11,14,16,18,20-23H2,1-3H3,(H2,39,40,41,43,44,45)/b9-6+/t24-,28-,29+,31+,32+,34-,49?/m0/s1. The van der Waals surface area contributed by atoms with E-state index < -0.39 is 21.9 Å². The lowest BCUT2D eigenvalue weighted by molar-refractivity contribution is 0.0133. The first-order valence-corrected chi connectivity index (χ1v) is 19.6. The van der Waals surface area contributed by atoms with E-state index in [0.29, 0.717) is 48.8 Å². The third-order valence-electron chi connectivity index (χ3n) is 10.3. The van der Waals surface area contributed by atoms with Gasteiger partial charge in [0.2, 0.25) is 0 Å². The average Bonchev–Trinajstić information content (AvgIpc) is 3.78. The van der Waals surface area contributed by atoms with Gasteiger partial charge in [-0.05, 0) is 104 Å². The fraction of sp³-hybridized carbons (Fsp3) is 0.568. The maximum atomic E-state index is 14.4. The summed E-state index contributed by atoms with van der Waals surface area (Å²) in [6.45, 7) is 4.38. The van der Waals surface area contributed by atoms with Crippen LogP contribution in [0.5, 0.6) is 5.75 Å². The molecule has 49 heavy (non-hydrogen) atoms. The summed E-state index contributed by atoms with van der Waals surface area (Å²) in [4.78, 5) is 29.3. The molecule has 2 heterocycles. The first kappa shape index (κ1) is 35.7. The van der Waals surface area contributed by atoms with Crippen LogP contribution in [0.1, 0.15) is 66.9 Å². The maximum absolute atomic E-state index is 14.4. The molecule has 6 rings (SSSR count). The number of aryl methyl sites for hydroxylation is 1. The molecule has 0 radical (unpaired) electrons. The fourth-order valence-corrected chi connectivity index (χ4v) is 9.37. The van der Waals surface area contributed by atoms with Gasteiger partial charge in [-0.15, -0.1) is 4.36 Å². The van der Waals surface area contributed by atoms with Crippen LogP contribution in [0.25, 0.3) is 0 Å². The molecular formula is C37H49ClN4O6S. The zero-order chi connectivity index (χ0) is 34.5. The molecule has 1 unspecified atom stereocenters. The third kappa shape index (κ3) is 8.98. The first-order valence-electron chi connectivity index (χ1n) is 17.5. The van der Waals surface area contributed by atoms with E-state index >= 15 is 0 Å². The number of hydrogen-bond donors (Lipinski definition) is 2. The zero-order valence-corrected chi connectivity index (χ0v) is 30.3. The molecule has 7 atom stereocenters. The third-order valence-corrected chi connectivity index (χ3v) is 12.5. The molecule has 2 fully saturated rings. The summed E-state index contributed by atoms with van der Waals surface area (Å²) in [7, 11) is -0.106. The molecule has 0 aromatic heterocycles. The number of anilines is 1. The number of benzene rings is 2. The van der Waals surface area contributed by atoms with Crippen LogP contribution in [0.2, 0.25) is 5.02 Å². The molecule has 4 aliphatic rings. The Balaban J connectivity index is 1.39. The Morgan fingerprint density at radius 3 is 2.78 bits per heavy atom. The number of carbonyl (C=O) groups is 2. The van der Waals surface area contributed by atoms with Crippen LogP contribution in [0.4, 0.5) is 10.5 Å². The minimum atomic E-state index is -3.49. The highest BCUT2D eigenvalue weighted by atomic mass is 35.5. The SMILES string of the molecule is COC[C@H]1C[C@H]1NC(=O)NS1(=O)=NC(=O)c2ccc3c(c2)N(Cc2ccc(Cl)cc2CCCCO3)C[C@@H]2CC[C@H]2[C@@H](OC)/C=C/C[C@H](C)C1. The molecule has 10 nitrogen and oxygen atoms in total. The van der Waals surface area contributed by atoms with E-state index in [1.54, 1.807) is 20.3 Å². The van der Waals surface area contributed by atoms with E-state index in [9.17, 15) is 13.8 Å². The molecular weight excluding hydrogens is 664 g/mol. The molecule has 12 heteroatoms. The molecule has 2 aliphatic carbocycles. The van der Waals surface area contributed by atoms with Gasteiger partial charge in [-0.2, -0.15) is 0 Å². The van der Waals surface area contributed by atoms with Crippen LogP contribution >= 0.6 is 11.6 Å². The van der Waals surface area contributed by atoms with E-state index in [4.69, 9.17) is 25.8 Å². The molecule has 3 amide bonds. The molecule has 2 N–H and O–H groups in total. The highest BCUT2D eigenvalue weighted by Crippen LogP contribution is 2.42. The number of amides is 3. The quantitative estimate of drug-likeness (QED) is 0.338. The normalized spacial score (nSPS) is 30.9. The highest BCUT2D eigenvalue weighted by Gasteiger charge is 2.39. The molecule has 266 valence electrons. The van der Waals surface area contributed by atoms with Gasteiger partial charge in [0.25, 0.3) is 5.91 Å². The second-order valence-electron chi connectivity index (χ2n) is 14.1. The van der Waals surface area contributed by atoms with Crippen molar-refractivity contribution < 1.29 is 28.0 Å². The van der Waals surface area contributed by atoms with Crippen molar-refractivity contribution in [2.75, 3.05) is 44.6 Å². The van der Waals surface area contributed by atoms with Gasteiger partial charge in [0.05, 0.1) is 30.8 Å². The lowest BCUT2D eigenvalue weighted by atomic mass is 9.70. The summed E-state index contributed by atoms with van der Waals surface area (Å²) in [6, 6.07) is 10.7. The van der Waals surface area contributed by atoms with E-state index in [1.165, 1.54) is 11.1 Å². The number of urea groups is 1. The fourth-order valence-electron chi connectivity index (χ4n) is 7.34. The number of allylic oxidation sites excluding steroid dienone is 1. The van der Waals surface area contributed by atoms with Crippen LogP contribution in [0, 0.1) is 23.7 Å². The van der Waals surface area contributed by atoms with E-state index in [0.717, 1.165) is 50.8 Å². The minimum absolute atomic E-state index is 0.0197. The van der Waals surface area contributed by atoms with E-state index in [2.05, 4.69) is 43.6 Å². The van der Waals surface area contributed by atoms with Gasteiger partial charge in [-0.25, -0.2) is 9.00 Å². The minimum Gasteiger partial charge on any atom is -0.491 e. The van der Waals surface area contributed by atoms with Crippen molar-refractivity contribution in [3.8, 4) is 5.75 Å². The Labute approximate surface area is 295 Å². The average molecular weight is 713 g/mol. The maximum Gasteiger partial charge on any atom is 0.327 e. The lowest BCUT2D eigenvalue weighted by Gasteiger charge is -2.43. The number of rotatable bonds is 5. The Morgan fingerprint density at radius 1 is 1.14 bits per heavy atom. The molecule has 2 aromatic rings. The Bertz CT molecular complexity index is 1680. The highest BCUT2D eigenvalue weighted by molar-refractivity contribution is 7.92. The van der Waals surface area contributed by atoms with Crippen molar-refractivity contribution in [3.63, 3.8) is 0 Å². The number of fused-ring (bicyclic) bond motifs is 3. The van der Waals surface area contributed by atoms with Crippen molar-refractivity contribution >= 4 is 39.1 Å². The van der Waals surface area contributed by atoms with Crippen molar-refractivity contribution in [2.45, 2.75) is 70.6 Å². The summed E-state index contributed by atoms with van der Waals surface area (Å²) in [6.07, 6.45) is 10.4. The van der Waals surface area contributed by atoms with Crippen molar-refractivity contribution in [1.29, 1.82) is 0 Å². The van der Waals surface area contributed by atoms with Crippen molar-refractivity contribution in [1.82, 2.24) is 10.0 Å². The molecule has 2 saturated carbocycles. The van der Waals surface area contributed by atoms with E-state index in [1.807, 2.05) is 25.1 Å². The monoisotopic (exact) mass is 712 g/mol. The second-order valence-corrected chi connectivity index (χ2v) is 16.5. The van der Waals surface area contributed by atoms with Gasteiger partial charge in [-0.1, -0.05) is 36.7 Å². The van der Waals surface area contributed by atoms with Crippen LogP contribution in [0.15, 0.2) is 52.9 Å². The smallest absolute Gasteiger partial charge is 0.327 e. The van der Waals surface area contributed by atoms with Crippen LogP contribution in [0.3, 0.4) is 0 Å². The molecule has 2 bridgehead atoms. The number of halogens is 1. The van der Waals surface area contributed by atoms with Crippen LogP contribution in [-0.4, -0.2) is 68.0 Å². The van der Waals surface area contributed by atoms with E-state index in [-0.39, 0.29) is 35.3 Å². The molecule has 0 saturated heterocycles. The van der Waals surface area contributed by atoms with Gasteiger partial charge in [0, 0.05) is 49.9 Å². The number of nitrogens with one attached hydrogen (secondary N) is 2. The topological polar surface area (TPSA) is 119 Å². The largest absolute Gasteiger partial charge is 0.491 e. The number of ether oxygens (including phenoxy) is 3. The molecule has 0 spiro atoms. The van der Waals surface area contributed by atoms with Crippen LogP contribution < -0.4 is 19.7 Å². The first-order chi connectivity index (χ1) is 23.6. The number of nitrogens with zero attached hydrogens (tertiary/aromatic N) is 2. The van der Waals surface area contributed by atoms with Crippen molar-refractivity contribution in [3.05, 3.63) is 70.3 Å². The van der Waals surface area contributed by atoms with Gasteiger partial charge >= 0.3 is 6.03 Å². The predicted molar refractivity (Wildman–Crippen MR) is 193 cm³/mol. The Hall–Kier alpha value is -3.12. The molecule has 2 aliphatic heterocycles. The predicted octanol–water partition coefficient (Wildman–Crippen LogP) is 6.56. The summed E-state index contributed by atoms with van der Waals surface area (Å²) >= 11 is 6.46. The van der Waals surface area contributed by atoms with Crippen molar-refractivity contribution in [2.24, 2.45) is 28.0 Å². The number of carbonyl (C=O) groups excluding carboxylic acids is 2. The second kappa shape index (κ2) is 15.8. The summed E-state index contributed by atoms with van der Waals surface area (Å²) in [5, 5.41) is 3.59. The summed E-state index contributed by atoms with van der Waals surface area (Å²) < 4.78 is 38.8. The summed E-state index contributed by atoms with van der Waals surface area (Å²) in [5.41, 5.74) is 3.47. The van der Waals surface area contributed by atoms with Gasteiger partial charge in [0.15, 0.2) is 0 Å². The van der Waals surface area contributed by atoms with Crippen LogP contribution in [-0.2, 0) is 32.4 Å². The lowest BCUT2D eigenvalue weighted by Crippen LogP contribution is -2.43. The Kier molecular flexibility index (Phi) is 11.5. The molecule has 2 aromatic carbocycles. The summed E-state index contributed by atoms with van der Waals surface area (Å²) in [5.74, 6) is 0.851. The number of methoxy groups -OCH3 is 2. The zero-order valence-electron chi connectivity index (χ0n) is 28.7.